The number of hydrogen-bond donors (Lipinski definition) is 1. The molecular weight excluding hydrogens is 216 g/mol. The van der Waals surface area contributed by atoms with E-state index in [1.807, 2.05) is 0 Å². The van der Waals surface area contributed by atoms with Crippen LogP contribution in [0.15, 0.2) is 21.6 Å². The van der Waals surface area contributed by atoms with E-state index in [9.17, 15) is 0 Å². The van der Waals surface area contributed by atoms with Crippen LogP contribution in [0.5, 0.6) is 0 Å². The lowest BCUT2D eigenvalue weighted by Gasteiger charge is -2.14. The Labute approximate surface area is 92.3 Å². The summed E-state index contributed by atoms with van der Waals surface area (Å²) in [5, 5.41) is 5.77. The maximum atomic E-state index is 6.09. The molecule has 1 aromatic rings. The Morgan fingerprint density at radius 2 is 2.29 bits per heavy atom. The topological polar surface area (TPSA) is 24.4 Å². The molecule has 0 amide bonds. The van der Waals surface area contributed by atoms with Crippen LogP contribution in [0, 0.1) is 13.8 Å². The standard InChI is InChI=1S/C10H11ClN2S/c1-6-4-14-10(7(6)2)9-8(11)3-12-5-13-9/h3-5,9H,1-2H3,(H,12,13). The van der Waals surface area contributed by atoms with Gasteiger partial charge in [-0.3, -0.25) is 4.99 Å². The molecule has 0 bridgehead atoms. The largest absolute Gasteiger partial charge is 0.352 e. The molecule has 0 saturated carbocycles. The normalized spacial score (nSPS) is 20.5. The molecule has 1 aliphatic rings. The van der Waals surface area contributed by atoms with Gasteiger partial charge in [0.2, 0.25) is 0 Å². The van der Waals surface area contributed by atoms with Crippen LogP contribution in [-0.4, -0.2) is 6.34 Å². The number of halogens is 1. The van der Waals surface area contributed by atoms with Crippen molar-refractivity contribution in [3.8, 4) is 0 Å². The first-order chi connectivity index (χ1) is 6.70. The van der Waals surface area contributed by atoms with Gasteiger partial charge in [-0.05, 0) is 30.4 Å². The van der Waals surface area contributed by atoms with Crippen LogP contribution in [0.2, 0.25) is 0 Å². The molecule has 0 saturated heterocycles. The fourth-order valence-electron chi connectivity index (χ4n) is 1.37. The fourth-order valence-corrected chi connectivity index (χ4v) is 2.80. The van der Waals surface area contributed by atoms with Crippen molar-refractivity contribution in [2.24, 2.45) is 4.99 Å². The van der Waals surface area contributed by atoms with Gasteiger partial charge in [-0.1, -0.05) is 11.6 Å². The summed E-state index contributed by atoms with van der Waals surface area (Å²) < 4.78 is 0. The van der Waals surface area contributed by atoms with Crippen LogP contribution in [0.25, 0.3) is 0 Å². The molecule has 4 heteroatoms. The molecule has 1 N–H and O–H groups in total. The van der Waals surface area contributed by atoms with Gasteiger partial charge in [-0.15, -0.1) is 11.3 Å². The van der Waals surface area contributed by atoms with Gasteiger partial charge in [-0.25, -0.2) is 0 Å². The molecule has 0 spiro atoms. The second-order valence-electron chi connectivity index (χ2n) is 3.28. The summed E-state index contributed by atoms with van der Waals surface area (Å²) in [5.41, 5.74) is 2.61. The van der Waals surface area contributed by atoms with E-state index < -0.39 is 0 Å². The molecule has 2 nitrogen and oxygen atoms in total. The van der Waals surface area contributed by atoms with Gasteiger partial charge in [0.25, 0.3) is 0 Å². The van der Waals surface area contributed by atoms with Crippen molar-refractivity contribution in [3.63, 3.8) is 0 Å². The maximum Gasteiger partial charge on any atom is 0.123 e. The first kappa shape index (κ1) is 9.74. The third-order valence-electron chi connectivity index (χ3n) is 2.35. The SMILES string of the molecule is Cc1csc(C2N=CNC=C2Cl)c1C. The highest BCUT2D eigenvalue weighted by molar-refractivity contribution is 7.10. The quantitative estimate of drug-likeness (QED) is 0.782. The van der Waals surface area contributed by atoms with Crippen LogP contribution in [0.3, 0.4) is 0 Å². The van der Waals surface area contributed by atoms with Crippen LogP contribution in [-0.2, 0) is 0 Å². The molecule has 0 aliphatic carbocycles. The minimum Gasteiger partial charge on any atom is -0.352 e. The summed E-state index contributed by atoms with van der Waals surface area (Å²) in [6, 6.07) is -0.00313. The number of nitrogens with zero attached hydrogens (tertiary/aromatic N) is 1. The molecule has 0 fully saturated rings. The summed E-state index contributed by atoms with van der Waals surface area (Å²) in [6.07, 6.45) is 3.47. The Morgan fingerprint density at radius 1 is 1.50 bits per heavy atom. The number of aryl methyl sites for hydroxylation is 1. The van der Waals surface area contributed by atoms with Gasteiger partial charge in [0.05, 0.1) is 11.4 Å². The number of thiophene rings is 1. The first-order valence-corrected chi connectivity index (χ1v) is 5.63. The lowest BCUT2D eigenvalue weighted by atomic mass is 10.1. The number of hydrogen-bond acceptors (Lipinski definition) is 3. The van der Waals surface area contributed by atoms with Crippen LogP contribution in [0.1, 0.15) is 22.0 Å². The van der Waals surface area contributed by atoms with Crippen molar-refractivity contribution >= 4 is 29.3 Å². The average molecular weight is 227 g/mol. The predicted molar refractivity (Wildman–Crippen MR) is 62.1 cm³/mol. The Kier molecular flexibility index (Phi) is 2.61. The zero-order valence-corrected chi connectivity index (χ0v) is 9.62. The van der Waals surface area contributed by atoms with Crippen LogP contribution in [0.4, 0.5) is 0 Å². The van der Waals surface area contributed by atoms with E-state index in [2.05, 4.69) is 29.5 Å². The zero-order chi connectivity index (χ0) is 10.1. The molecule has 2 rings (SSSR count). The smallest absolute Gasteiger partial charge is 0.123 e. The van der Waals surface area contributed by atoms with Crippen LogP contribution < -0.4 is 5.32 Å². The third-order valence-corrected chi connectivity index (χ3v) is 3.92. The van der Waals surface area contributed by atoms with Crippen molar-refractivity contribution in [2.45, 2.75) is 19.9 Å². The van der Waals surface area contributed by atoms with Gasteiger partial charge < -0.3 is 5.32 Å². The van der Waals surface area contributed by atoms with Gasteiger partial charge in [0, 0.05) is 11.1 Å². The summed E-state index contributed by atoms with van der Waals surface area (Å²) in [7, 11) is 0. The summed E-state index contributed by atoms with van der Waals surface area (Å²) in [4.78, 5) is 5.57. The van der Waals surface area contributed by atoms with Gasteiger partial charge >= 0.3 is 0 Å². The molecule has 1 unspecified atom stereocenters. The van der Waals surface area contributed by atoms with Crippen molar-refractivity contribution in [3.05, 3.63) is 32.6 Å². The Balaban J connectivity index is 2.39. The molecule has 1 aliphatic heterocycles. The molecule has 2 heterocycles. The highest BCUT2D eigenvalue weighted by atomic mass is 35.5. The van der Waals surface area contributed by atoms with E-state index in [1.165, 1.54) is 16.0 Å². The van der Waals surface area contributed by atoms with Gasteiger partial charge in [0.1, 0.15) is 6.04 Å². The minimum atomic E-state index is -0.00313. The monoisotopic (exact) mass is 226 g/mol. The van der Waals surface area contributed by atoms with Crippen LogP contribution >= 0.6 is 22.9 Å². The zero-order valence-electron chi connectivity index (χ0n) is 8.04. The summed E-state index contributed by atoms with van der Waals surface area (Å²) in [5.74, 6) is 0. The Hall–Kier alpha value is -0.800. The number of nitrogens with one attached hydrogen (secondary N) is 1. The molecule has 74 valence electrons. The van der Waals surface area contributed by atoms with E-state index in [4.69, 9.17) is 11.6 Å². The van der Waals surface area contributed by atoms with E-state index in [0.29, 0.717) is 0 Å². The Morgan fingerprint density at radius 3 is 2.86 bits per heavy atom. The first-order valence-electron chi connectivity index (χ1n) is 4.38. The lowest BCUT2D eigenvalue weighted by Crippen LogP contribution is -2.11. The van der Waals surface area contributed by atoms with Gasteiger partial charge in [0.15, 0.2) is 0 Å². The van der Waals surface area contributed by atoms with Crippen molar-refractivity contribution in [2.75, 3.05) is 0 Å². The minimum absolute atomic E-state index is 0.00313. The van der Waals surface area contributed by atoms with E-state index >= 15 is 0 Å². The highest BCUT2D eigenvalue weighted by Crippen LogP contribution is 2.36. The summed E-state index contributed by atoms with van der Waals surface area (Å²) >= 11 is 7.81. The Bertz CT molecular complexity index is 406. The van der Waals surface area contributed by atoms with Crippen molar-refractivity contribution in [1.82, 2.24) is 5.32 Å². The number of aliphatic imine (C=N–C) groups is 1. The summed E-state index contributed by atoms with van der Waals surface area (Å²) in [6.45, 7) is 4.22. The molecule has 14 heavy (non-hydrogen) atoms. The molecule has 1 atom stereocenters. The maximum absolute atomic E-state index is 6.09. The second-order valence-corrected chi connectivity index (χ2v) is 4.63. The lowest BCUT2D eigenvalue weighted by molar-refractivity contribution is 0.876. The molecular formula is C10H11ClN2S. The van der Waals surface area contributed by atoms with Gasteiger partial charge in [-0.2, -0.15) is 0 Å². The van der Waals surface area contributed by atoms with E-state index in [1.54, 1.807) is 23.9 Å². The molecule has 1 aromatic heterocycles. The highest BCUT2D eigenvalue weighted by Gasteiger charge is 2.20. The van der Waals surface area contributed by atoms with Crippen molar-refractivity contribution in [1.29, 1.82) is 0 Å². The van der Waals surface area contributed by atoms with E-state index in [0.717, 1.165) is 5.03 Å². The predicted octanol–water partition coefficient (Wildman–Crippen LogP) is 3.12. The fraction of sp³-hybridized carbons (Fsp3) is 0.300. The van der Waals surface area contributed by atoms with Crippen molar-refractivity contribution < 1.29 is 0 Å². The molecule has 0 radical (unpaired) electrons. The molecule has 0 aromatic carbocycles. The number of rotatable bonds is 1. The average Bonchev–Trinajstić information content (AvgIpc) is 2.49. The van der Waals surface area contributed by atoms with E-state index in [-0.39, 0.29) is 6.04 Å². The third kappa shape index (κ3) is 1.57. The second kappa shape index (κ2) is 3.75.